The summed E-state index contributed by atoms with van der Waals surface area (Å²) < 4.78 is 5.38. The van der Waals surface area contributed by atoms with E-state index in [0.29, 0.717) is 24.7 Å². The summed E-state index contributed by atoms with van der Waals surface area (Å²) in [6.07, 6.45) is 7.75. The molecule has 166 valence electrons. The van der Waals surface area contributed by atoms with Crippen molar-refractivity contribution in [2.45, 2.75) is 18.6 Å². The van der Waals surface area contributed by atoms with Gasteiger partial charge in [0.2, 0.25) is 5.91 Å². The van der Waals surface area contributed by atoms with Crippen LogP contribution in [-0.2, 0) is 20.9 Å². The molecule has 1 amide bonds. The highest BCUT2D eigenvalue weighted by atomic mass is 35.5. The van der Waals surface area contributed by atoms with Gasteiger partial charge in [-0.05, 0) is 35.9 Å². The van der Waals surface area contributed by atoms with Gasteiger partial charge in [0, 0.05) is 66.8 Å². The molecule has 8 heteroatoms. The summed E-state index contributed by atoms with van der Waals surface area (Å²) in [7, 11) is 1.58. The second kappa shape index (κ2) is 10.1. The number of aldehydes is 1. The largest absolute Gasteiger partial charge is 0.382 e. The van der Waals surface area contributed by atoms with Crippen molar-refractivity contribution < 1.29 is 14.3 Å². The molecule has 0 saturated carbocycles. The zero-order valence-corrected chi connectivity index (χ0v) is 18.5. The fourth-order valence-corrected chi connectivity index (χ4v) is 4.27. The number of benzene rings is 1. The van der Waals surface area contributed by atoms with E-state index >= 15 is 0 Å². The molecule has 1 aliphatic rings. The summed E-state index contributed by atoms with van der Waals surface area (Å²) in [5.74, 6) is -0.148. The molecular weight excluding hydrogens is 428 g/mol. The average molecular weight is 453 g/mol. The highest BCUT2D eigenvalue weighted by Crippen LogP contribution is 2.22. The van der Waals surface area contributed by atoms with Crippen LogP contribution in [0.1, 0.15) is 11.3 Å². The first-order chi connectivity index (χ1) is 15.6. The number of fused-ring (bicyclic) bond motifs is 1. The van der Waals surface area contributed by atoms with Crippen molar-refractivity contribution in [1.29, 1.82) is 0 Å². The molecule has 1 aliphatic heterocycles. The molecule has 0 bridgehead atoms. The lowest BCUT2D eigenvalue weighted by Crippen LogP contribution is -2.62. The van der Waals surface area contributed by atoms with Crippen molar-refractivity contribution in [2.24, 2.45) is 0 Å². The fraction of sp³-hybridized carbons (Fsp3) is 0.292. The van der Waals surface area contributed by atoms with Crippen LogP contribution in [0.15, 0.2) is 54.9 Å². The standard InChI is InChI=1S/C24H25ClN4O3/c1-32-16-23-22(15-30)28(14-20-12-18-13-26-9-8-21(18)27-20)10-11-29(23)24(31)7-4-17-2-5-19(25)6-3-17/h2-9,12-13,15,22-23,27H,10-11,14,16H2,1H3/b7-4+/t22?,23-/m1/s1. The monoisotopic (exact) mass is 452 g/mol. The molecule has 1 saturated heterocycles. The van der Waals surface area contributed by atoms with Gasteiger partial charge >= 0.3 is 0 Å². The zero-order valence-electron chi connectivity index (χ0n) is 17.8. The minimum atomic E-state index is -0.471. The summed E-state index contributed by atoms with van der Waals surface area (Å²) in [6, 6.07) is 10.4. The average Bonchev–Trinajstić information content (AvgIpc) is 3.21. The Morgan fingerprint density at radius 1 is 1.28 bits per heavy atom. The first-order valence-electron chi connectivity index (χ1n) is 10.4. The zero-order chi connectivity index (χ0) is 22.5. The maximum absolute atomic E-state index is 13.0. The van der Waals surface area contributed by atoms with Crippen LogP contribution in [0, 0.1) is 0 Å². The highest BCUT2D eigenvalue weighted by Gasteiger charge is 2.38. The Balaban J connectivity index is 1.50. The Morgan fingerprint density at radius 3 is 2.81 bits per heavy atom. The normalized spacial score (nSPS) is 19.6. The van der Waals surface area contributed by atoms with Gasteiger partial charge in [0.25, 0.3) is 0 Å². The Morgan fingerprint density at radius 2 is 2.09 bits per heavy atom. The maximum Gasteiger partial charge on any atom is 0.247 e. The van der Waals surface area contributed by atoms with Crippen molar-refractivity contribution in [3.8, 4) is 0 Å². The van der Waals surface area contributed by atoms with Gasteiger partial charge in [-0.25, -0.2) is 0 Å². The molecule has 0 spiro atoms. The molecule has 0 aliphatic carbocycles. The minimum absolute atomic E-state index is 0.148. The molecule has 0 radical (unpaired) electrons. The van der Waals surface area contributed by atoms with Crippen LogP contribution < -0.4 is 0 Å². The lowest BCUT2D eigenvalue weighted by molar-refractivity contribution is -0.138. The number of methoxy groups -OCH3 is 1. The number of amides is 1. The predicted molar refractivity (Wildman–Crippen MR) is 124 cm³/mol. The number of aromatic nitrogens is 2. The van der Waals surface area contributed by atoms with E-state index in [9.17, 15) is 9.59 Å². The molecule has 3 heterocycles. The molecule has 1 fully saturated rings. The molecule has 1 aromatic carbocycles. The number of rotatable bonds is 7. The number of aromatic amines is 1. The minimum Gasteiger partial charge on any atom is -0.382 e. The topological polar surface area (TPSA) is 78.5 Å². The number of ether oxygens (including phenoxy) is 1. The number of hydrogen-bond acceptors (Lipinski definition) is 5. The molecule has 2 aromatic heterocycles. The Labute approximate surface area is 191 Å². The first-order valence-corrected chi connectivity index (χ1v) is 10.8. The summed E-state index contributed by atoms with van der Waals surface area (Å²) in [4.78, 5) is 36.4. The van der Waals surface area contributed by atoms with Gasteiger partial charge < -0.3 is 19.4 Å². The van der Waals surface area contributed by atoms with E-state index in [0.717, 1.165) is 28.4 Å². The van der Waals surface area contributed by atoms with Gasteiger partial charge in [-0.15, -0.1) is 0 Å². The smallest absolute Gasteiger partial charge is 0.247 e. The number of carbonyl (C=O) groups is 2. The second-order valence-electron chi connectivity index (χ2n) is 7.79. The first kappa shape index (κ1) is 22.2. The summed E-state index contributed by atoms with van der Waals surface area (Å²) in [6.45, 7) is 1.93. The molecule has 1 unspecified atom stereocenters. The van der Waals surface area contributed by atoms with Crippen LogP contribution in [0.3, 0.4) is 0 Å². The number of halogens is 1. The summed E-state index contributed by atoms with van der Waals surface area (Å²) >= 11 is 5.92. The van der Waals surface area contributed by atoms with Crippen LogP contribution in [0.4, 0.5) is 0 Å². The number of nitrogens with zero attached hydrogens (tertiary/aromatic N) is 3. The van der Waals surface area contributed by atoms with Crippen LogP contribution in [0.25, 0.3) is 17.0 Å². The van der Waals surface area contributed by atoms with Crippen LogP contribution in [-0.4, -0.2) is 70.9 Å². The van der Waals surface area contributed by atoms with E-state index in [4.69, 9.17) is 16.3 Å². The van der Waals surface area contributed by atoms with Crippen LogP contribution >= 0.6 is 11.6 Å². The quantitative estimate of drug-likeness (QED) is 0.440. The second-order valence-corrected chi connectivity index (χ2v) is 8.23. The van der Waals surface area contributed by atoms with E-state index in [2.05, 4.69) is 14.9 Å². The number of H-pyrrole nitrogens is 1. The van der Waals surface area contributed by atoms with Crippen molar-refractivity contribution in [3.05, 3.63) is 71.1 Å². The predicted octanol–water partition coefficient (Wildman–Crippen LogP) is 3.16. The molecular formula is C24H25ClN4O3. The van der Waals surface area contributed by atoms with E-state index in [1.807, 2.05) is 30.5 Å². The Hall–Kier alpha value is -3.00. The van der Waals surface area contributed by atoms with Gasteiger partial charge in [-0.1, -0.05) is 23.7 Å². The molecule has 4 rings (SSSR count). The van der Waals surface area contributed by atoms with Gasteiger partial charge in [-0.3, -0.25) is 14.7 Å². The Kier molecular flexibility index (Phi) is 6.99. The number of piperazine rings is 1. The SMILES string of the molecule is COC[C@@H]1C(C=O)N(Cc2cc3cnccc3[nH]2)CCN1C(=O)/C=C/c1ccc(Cl)cc1. The number of hydrogen-bond donors (Lipinski definition) is 1. The summed E-state index contributed by atoms with van der Waals surface area (Å²) in [5.41, 5.74) is 2.88. The maximum atomic E-state index is 13.0. The van der Waals surface area contributed by atoms with Crippen molar-refractivity contribution in [3.63, 3.8) is 0 Å². The van der Waals surface area contributed by atoms with Crippen LogP contribution in [0.5, 0.6) is 0 Å². The molecule has 2 atom stereocenters. The number of nitrogens with one attached hydrogen (secondary N) is 1. The highest BCUT2D eigenvalue weighted by molar-refractivity contribution is 6.30. The van der Waals surface area contributed by atoms with Crippen molar-refractivity contribution in [1.82, 2.24) is 19.8 Å². The molecule has 3 aromatic rings. The third kappa shape index (κ3) is 4.91. The molecule has 1 N–H and O–H groups in total. The number of pyridine rings is 1. The molecule has 32 heavy (non-hydrogen) atoms. The Bertz CT molecular complexity index is 1080. The van der Waals surface area contributed by atoms with Gasteiger partial charge in [-0.2, -0.15) is 0 Å². The lowest BCUT2D eigenvalue weighted by atomic mass is 10.0. The van der Waals surface area contributed by atoms with Crippen molar-refractivity contribution >= 4 is 40.8 Å². The van der Waals surface area contributed by atoms with E-state index < -0.39 is 6.04 Å². The molecule has 7 nitrogen and oxygen atoms in total. The van der Waals surface area contributed by atoms with Gasteiger partial charge in [0.15, 0.2) is 0 Å². The summed E-state index contributed by atoms with van der Waals surface area (Å²) in [5, 5.41) is 1.67. The lowest BCUT2D eigenvalue weighted by Gasteiger charge is -2.44. The number of carbonyl (C=O) groups excluding carboxylic acids is 2. The van der Waals surface area contributed by atoms with Gasteiger partial charge in [0.05, 0.1) is 18.7 Å². The van der Waals surface area contributed by atoms with Crippen LogP contribution in [0.2, 0.25) is 5.02 Å². The van der Waals surface area contributed by atoms with Crippen molar-refractivity contribution in [2.75, 3.05) is 26.8 Å². The third-order valence-electron chi connectivity index (χ3n) is 5.74. The van der Waals surface area contributed by atoms with E-state index in [1.54, 1.807) is 36.4 Å². The fourth-order valence-electron chi connectivity index (χ4n) is 4.15. The van der Waals surface area contributed by atoms with E-state index in [1.165, 1.54) is 6.08 Å². The third-order valence-corrected chi connectivity index (χ3v) is 5.99. The van der Waals surface area contributed by atoms with Gasteiger partial charge in [0.1, 0.15) is 6.29 Å². The van der Waals surface area contributed by atoms with E-state index in [-0.39, 0.29) is 18.6 Å².